The third-order valence-corrected chi connectivity index (χ3v) is 2.72. The van der Waals surface area contributed by atoms with E-state index in [1.165, 1.54) is 0 Å². The summed E-state index contributed by atoms with van der Waals surface area (Å²) in [4.78, 5) is 0. The molecule has 0 aliphatic rings. The van der Waals surface area contributed by atoms with Gasteiger partial charge >= 0.3 is 0 Å². The van der Waals surface area contributed by atoms with Crippen LogP contribution in [0.1, 0.15) is 11.1 Å². The summed E-state index contributed by atoms with van der Waals surface area (Å²) in [5, 5.41) is 10.9. The third kappa shape index (κ3) is 3.11. The van der Waals surface area contributed by atoms with Crippen LogP contribution < -0.4 is 5.32 Å². The van der Waals surface area contributed by atoms with Crippen molar-refractivity contribution in [3.8, 4) is 6.07 Å². The van der Waals surface area contributed by atoms with Crippen LogP contribution in [0, 0.1) is 40.4 Å². The van der Waals surface area contributed by atoms with Gasteiger partial charge in [0.1, 0.15) is 11.6 Å². The summed E-state index contributed by atoms with van der Waals surface area (Å²) in [6, 6.07) is 4.60. The Bertz CT molecular complexity index is 691. The molecule has 108 valence electrons. The lowest BCUT2D eigenvalue weighted by atomic mass is 10.1. The molecule has 7 heteroatoms. The van der Waals surface area contributed by atoms with E-state index >= 15 is 0 Å². The molecule has 21 heavy (non-hydrogen) atoms. The number of anilines is 1. The van der Waals surface area contributed by atoms with Gasteiger partial charge in [0, 0.05) is 29.9 Å². The van der Waals surface area contributed by atoms with Crippen molar-refractivity contribution < 1.29 is 22.0 Å². The fourth-order valence-corrected chi connectivity index (χ4v) is 1.68. The van der Waals surface area contributed by atoms with E-state index in [4.69, 9.17) is 5.26 Å². The van der Waals surface area contributed by atoms with Gasteiger partial charge in [-0.15, -0.1) is 0 Å². The van der Waals surface area contributed by atoms with Crippen LogP contribution in [0.4, 0.5) is 27.6 Å². The topological polar surface area (TPSA) is 35.8 Å². The molecule has 0 amide bonds. The number of halogens is 5. The summed E-state index contributed by atoms with van der Waals surface area (Å²) in [5.74, 6) is -6.41. The van der Waals surface area contributed by atoms with E-state index in [1.54, 1.807) is 6.07 Å². The lowest BCUT2D eigenvalue weighted by molar-refractivity contribution is 0.447. The molecule has 0 aromatic heterocycles. The summed E-state index contributed by atoms with van der Waals surface area (Å²) >= 11 is 0. The molecule has 2 nitrogen and oxygen atoms in total. The van der Waals surface area contributed by atoms with Crippen molar-refractivity contribution in [3.05, 3.63) is 64.5 Å². The molecule has 0 saturated heterocycles. The Morgan fingerprint density at radius 2 is 1.38 bits per heavy atom. The van der Waals surface area contributed by atoms with Crippen LogP contribution in [0.3, 0.4) is 0 Å². The Balaban J connectivity index is 2.23. The maximum absolute atomic E-state index is 13.6. The summed E-state index contributed by atoms with van der Waals surface area (Å²) in [5.41, 5.74) is -0.763. The van der Waals surface area contributed by atoms with E-state index in [0.29, 0.717) is 12.1 Å². The smallest absolute Gasteiger partial charge is 0.194 e. The second-order valence-electron chi connectivity index (χ2n) is 4.14. The van der Waals surface area contributed by atoms with E-state index in [1.807, 2.05) is 0 Å². The van der Waals surface area contributed by atoms with Gasteiger partial charge < -0.3 is 5.32 Å². The van der Waals surface area contributed by atoms with Crippen molar-refractivity contribution in [3.63, 3.8) is 0 Å². The molecule has 0 radical (unpaired) electrons. The number of benzene rings is 2. The third-order valence-electron chi connectivity index (χ3n) is 2.72. The number of hydrogen-bond donors (Lipinski definition) is 1. The molecule has 1 N–H and O–H groups in total. The predicted molar refractivity (Wildman–Crippen MR) is 64.7 cm³/mol. The molecule has 0 spiro atoms. The van der Waals surface area contributed by atoms with Gasteiger partial charge in [0.2, 0.25) is 0 Å². The van der Waals surface area contributed by atoms with Crippen LogP contribution in [0.5, 0.6) is 0 Å². The molecular weight excluding hydrogens is 291 g/mol. The van der Waals surface area contributed by atoms with E-state index in [2.05, 4.69) is 5.32 Å². The standard InChI is InChI=1S/C14H7F5N2/c15-10-1-7(5-20)2-11(16)9(10)6-21-8-3-12(17)14(19)13(18)4-8/h1-4,21H,6H2. The first-order chi connectivity index (χ1) is 9.92. The van der Waals surface area contributed by atoms with Crippen molar-refractivity contribution in [2.45, 2.75) is 6.54 Å². The molecule has 0 atom stereocenters. The van der Waals surface area contributed by atoms with Crippen molar-refractivity contribution in [1.29, 1.82) is 5.26 Å². The number of nitrogens with zero attached hydrogens (tertiary/aromatic N) is 1. The van der Waals surface area contributed by atoms with Gasteiger partial charge in [-0.3, -0.25) is 0 Å². The van der Waals surface area contributed by atoms with Gasteiger partial charge in [-0.2, -0.15) is 5.26 Å². The molecule has 0 aliphatic carbocycles. The zero-order valence-electron chi connectivity index (χ0n) is 10.4. The monoisotopic (exact) mass is 298 g/mol. The zero-order valence-corrected chi connectivity index (χ0v) is 10.4. The highest BCUT2D eigenvalue weighted by atomic mass is 19.2. The molecule has 0 bridgehead atoms. The fraction of sp³-hybridized carbons (Fsp3) is 0.0714. The maximum Gasteiger partial charge on any atom is 0.194 e. The molecule has 2 rings (SSSR count). The van der Waals surface area contributed by atoms with Crippen LogP contribution in [0.15, 0.2) is 24.3 Å². The predicted octanol–water partition coefficient (Wildman–Crippen LogP) is 3.87. The van der Waals surface area contributed by atoms with Gasteiger partial charge in [-0.05, 0) is 12.1 Å². The average molecular weight is 298 g/mol. The molecule has 2 aromatic rings. The number of rotatable bonds is 3. The van der Waals surface area contributed by atoms with Crippen molar-refractivity contribution >= 4 is 5.69 Å². The van der Waals surface area contributed by atoms with Gasteiger partial charge in [-0.25, -0.2) is 22.0 Å². The van der Waals surface area contributed by atoms with E-state index in [-0.39, 0.29) is 11.3 Å². The van der Waals surface area contributed by atoms with Crippen LogP contribution in [0.2, 0.25) is 0 Å². The van der Waals surface area contributed by atoms with E-state index in [9.17, 15) is 22.0 Å². The molecule has 0 aliphatic heterocycles. The number of hydrogen-bond acceptors (Lipinski definition) is 2. The highest BCUT2D eigenvalue weighted by molar-refractivity contribution is 5.45. The van der Waals surface area contributed by atoms with Crippen LogP contribution in [-0.4, -0.2) is 0 Å². The Hall–Kier alpha value is -2.62. The van der Waals surface area contributed by atoms with Crippen molar-refractivity contribution in [2.24, 2.45) is 0 Å². The van der Waals surface area contributed by atoms with Crippen LogP contribution in [-0.2, 0) is 6.54 Å². The highest BCUT2D eigenvalue weighted by Crippen LogP contribution is 2.20. The number of nitrogens with one attached hydrogen (secondary N) is 1. The van der Waals surface area contributed by atoms with Gasteiger partial charge in [0.05, 0.1) is 11.6 Å². The van der Waals surface area contributed by atoms with Gasteiger partial charge in [0.15, 0.2) is 17.5 Å². The molecule has 2 aromatic carbocycles. The van der Waals surface area contributed by atoms with Gasteiger partial charge in [0.25, 0.3) is 0 Å². The minimum atomic E-state index is -1.63. The molecule has 0 unspecified atom stereocenters. The zero-order chi connectivity index (χ0) is 15.6. The van der Waals surface area contributed by atoms with Crippen LogP contribution in [0.25, 0.3) is 0 Å². The van der Waals surface area contributed by atoms with E-state index in [0.717, 1.165) is 12.1 Å². The largest absolute Gasteiger partial charge is 0.381 e. The molecule has 0 heterocycles. The Kier molecular flexibility index (Phi) is 4.08. The van der Waals surface area contributed by atoms with Crippen molar-refractivity contribution in [2.75, 3.05) is 5.32 Å². The summed E-state index contributed by atoms with van der Waals surface area (Å²) < 4.78 is 65.9. The Morgan fingerprint density at radius 1 is 0.857 bits per heavy atom. The number of nitriles is 1. The lowest BCUT2D eigenvalue weighted by Crippen LogP contribution is -2.06. The maximum atomic E-state index is 13.6. The minimum Gasteiger partial charge on any atom is -0.381 e. The average Bonchev–Trinajstić information content (AvgIpc) is 2.43. The molecule has 0 saturated carbocycles. The quantitative estimate of drug-likeness (QED) is 0.690. The Morgan fingerprint density at radius 3 is 1.86 bits per heavy atom. The second-order valence-corrected chi connectivity index (χ2v) is 4.14. The highest BCUT2D eigenvalue weighted by Gasteiger charge is 2.13. The van der Waals surface area contributed by atoms with E-state index < -0.39 is 41.2 Å². The summed E-state index contributed by atoms with van der Waals surface area (Å²) in [7, 11) is 0. The lowest BCUT2D eigenvalue weighted by Gasteiger charge is -2.09. The first-order valence-corrected chi connectivity index (χ1v) is 5.69. The second kappa shape index (κ2) is 5.79. The molecular formula is C14H7F5N2. The normalized spacial score (nSPS) is 10.3. The van der Waals surface area contributed by atoms with Gasteiger partial charge in [-0.1, -0.05) is 0 Å². The summed E-state index contributed by atoms with van der Waals surface area (Å²) in [6.07, 6.45) is 0. The first-order valence-electron chi connectivity index (χ1n) is 5.69. The summed E-state index contributed by atoms with van der Waals surface area (Å²) in [6.45, 7) is -0.423. The van der Waals surface area contributed by atoms with Crippen molar-refractivity contribution in [1.82, 2.24) is 0 Å². The Labute approximate surface area is 116 Å². The first kappa shape index (κ1) is 14.8. The SMILES string of the molecule is N#Cc1cc(F)c(CNc2cc(F)c(F)c(F)c2)c(F)c1. The molecule has 0 fully saturated rings. The minimum absolute atomic E-state index is 0.172. The van der Waals surface area contributed by atoms with Crippen LogP contribution >= 0.6 is 0 Å². The fourth-order valence-electron chi connectivity index (χ4n) is 1.68.